The summed E-state index contributed by atoms with van der Waals surface area (Å²) >= 11 is 0. The molecule has 0 radical (unpaired) electrons. The van der Waals surface area contributed by atoms with E-state index in [2.05, 4.69) is 4.98 Å². The molecule has 2 atom stereocenters. The normalized spacial score (nSPS) is 23.2. The van der Waals surface area contributed by atoms with E-state index in [1.165, 1.54) is 0 Å². The highest BCUT2D eigenvalue weighted by Crippen LogP contribution is 2.47. The SMILES string of the molecule is Cc1ccc(C#N)c([C@H]2C[C@@H]2C(=O)O)n1. The lowest BCUT2D eigenvalue weighted by Crippen LogP contribution is -2.02. The molecule has 1 heterocycles. The molecule has 1 aromatic rings. The number of hydrogen-bond acceptors (Lipinski definition) is 3. The molecule has 1 aliphatic carbocycles. The lowest BCUT2D eigenvalue weighted by atomic mass is 10.1. The molecule has 1 N–H and O–H groups in total. The van der Waals surface area contributed by atoms with Crippen molar-refractivity contribution in [1.82, 2.24) is 4.98 Å². The molecule has 0 spiro atoms. The van der Waals surface area contributed by atoms with Crippen molar-refractivity contribution in [2.75, 3.05) is 0 Å². The Balaban J connectivity index is 2.33. The maximum absolute atomic E-state index is 10.7. The smallest absolute Gasteiger partial charge is 0.307 e. The number of aliphatic carboxylic acids is 1. The van der Waals surface area contributed by atoms with Crippen molar-refractivity contribution in [3.05, 3.63) is 29.1 Å². The van der Waals surface area contributed by atoms with Gasteiger partial charge in [-0.15, -0.1) is 0 Å². The number of carboxylic acids is 1. The van der Waals surface area contributed by atoms with Crippen LogP contribution in [0.1, 0.15) is 29.3 Å². The lowest BCUT2D eigenvalue weighted by molar-refractivity contribution is -0.138. The first-order chi connectivity index (χ1) is 7.13. The zero-order valence-corrected chi connectivity index (χ0v) is 8.27. The number of carbonyl (C=O) groups is 1. The molecular weight excluding hydrogens is 192 g/mol. The van der Waals surface area contributed by atoms with E-state index in [0.717, 1.165) is 5.69 Å². The Bertz CT molecular complexity index is 462. The van der Waals surface area contributed by atoms with Gasteiger partial charge in [0.1, 0.15) is 6.07 Å². The van der Waals surface area contributed by atoms with Crippen LogP contribution >= 0.6 is 0 Å². The second-order valence-electron chi connectivity index (χ2n) is 3.78. The Morgan fingerprint density at radius 1 is 1.67 bits per heavy atom. The summed E-state index contributed by atoms with van der Waals surface area (Å²) in [5.74, 6) is -1.23. The van der Waals surface area contributed by atoms with E-state index < -0.39 is 5.97 Å². The van der Waals surface area contributed by atoms with Crippen LogP contribution in [0.2, 0.25) is 0 Å². The van der Waals surface area contributed by atoms with Crippen LogP contribution in [0.25, 0.3) is 0 Å². The van der Waals surface area contributed by atoms with Gasteiger partial charge in [0.15, 0.2) is 0 Å². The minimum Gasteiger partial charge on any atom is -0.481 e. The number of nitrogens with zero attached hydrogens (tertiary/aromatic N) is 2. The van der Waals surface area contributed by atoms with Crippen molar-refractivity contribution < 1.29 is 9.90 Å². The van der Waals surface area contributed by atoms with Gasteiger partial charge in [0, 0.05) is 11.6 Å². The highest BCUT2D eigenvalue weighted by molar-refractivity contribution is 5.75. The molecule has 4 nitrogen and oxygen atoms in total. The summed E-state index contributed by atoms with van der Waals surface area (Å²) in [6, 6.07) is 5.52. The van der Waals surface area contributed by atoms with Gasteiger partial charge in [0.05, 0.1) is 17.2 Å². The summed E-state index contributed by atoms with van der Waals surface area (Å²) in [6.45, 7) is 1.84. The van der Waals surface area contributed by atoms with E-state index in [9.17, 15) is 4.79 Å². The van der Waals surface area contributed by atoms with E-state index in [0.29, 0.717) is 17.7 Å². The zero-order valence-electron chi connectivity index (χ0n) is 8.27. The van der Waals surface area contributed by atoms with Crippen LogP contribution in [-0.2, 0) is 4.79 Å². The number of pyridine rings is 1. The fraction of sp³-hybridized carbons (Fsp3) is 0.364. The molecule has 1 saturated carbocycles. The number of carboxylic acid groups (broad SMARTS) is 1. The summed E-state index contributed by atoms with van der Waals surface area (Å²) in [7, 11) is 0. The van der Waals surface area contributed by atoms with Crippen LogP contribution in [0.15, 0.2) is 12.1 Å². The van der Waals surface area contributed by atoms with Gasteiger partial charge in [-0.1, -0.05) is 0 Å². The highest BCUT2D eigenvalue weighted by Gasteiger charge is 2.46. The highest BCUT2D eigenvalue weighted by atomic mass is 16.4. The Morgan fingerprint density at radius 3 is 2.93 bits per heavy atom. The van der Waals surface area contributed by atoms with E-state index >= 15 is 0 Å². The molecule has 2 rings (SSSR count). The minimum absolute atomic E-state index is 0.0722. The number of rotatable bonds is 2. The van der Waals surface area contributed by atoms with Gasteiger partial charge in [-0.05, 0) is 25.5 Å². The van der Waals surface area contributed by atoms with E-state index in [1.54, 1.807) is 12.1 Å². The van der Waals surface area contributed by atoms with E-state index in [1.807, 2.05) is 13.0 Å². The third-order valence-electron chi connectivity index (χ3n) is 2.64. The Hall–Kier alpha value is -1.89. The molecule has 0 unspecified atom stereocenters. The van der Waals surface area contributed by atoms with Gasteiger partial charge in [0.25, 0.3) is 0 Å². The molecule has 1 fully saturated rings. The van der Waals surface area contributed by atoms with Crippen LogP contribution in [-0.4, -0.2) is 16.1 Å². The van der Waals surface area contributed by atoms with Crippen LogP contribution in [0.3, 0.4) is 0 Å². The summed E-state index contributed by atoms with van der Waals surface area (Å²) in [6.07, 6.45) is 0.598. The van der Waals surface area contributed by atoms with E-state index in [4.69, 9.17) is 10.4 Å². The van der Waals surface area contributed by atoms with Crippen molar-refractivity contribution in [3.63, 3.8) is 0 Å². The van der Waals surface area contributed by atoms with Crippen molar-refractivity contribution >= 4 is 5.97 Å². The van der Waals surface area contributed by atoms with Crippen LogP contribution in [0, 0.1) is 24.2 Å². The Kier molecular flexibility index (Phi) is 2.16. The molecular formula is C11H10N2O2. The predicted molar refractivity (Wildman–Crippen MR) is 52.2 cm³/mol. The second-order valence-corrected chi connectivity index (χ2v) is 3.78. The summed E-state index contributed by atoms with van der Waals surface area (Å²) in [4.78, 5) is 15.0. The van der Waals surface area contributed by atoms with Gasteiger partial charge in [0.2, 0.25) is 0 Å². The molecule has 0 saturated heterocycles. The topological polar surface area (TPSA) is 74.0 Å². The van der Waals surface area contributed by atoms with Crippen molar-refractivity contribution in [1.29, 1.82) is 5.26 Å². The molecule has 1 aliphatic rings. The number of aryl methyl sites for hydroxylation is 1. The van der Waals surface area contributed by atoms with Crippen molar-refractivity contribution in [2.45, 2.75) is 19.3 Å². The van der Waals surface area contributed by atoms with Gasteiger partial charge >= 0.3 is 5.97 Å². The van der Waals surface area contributed by atoms with Crippen molar-refractivity contribution in [2.24, 2.45) is 5.92 Å². The molecule has 76 valence electrons. The Labute approximate surface area is 87.2 Å². The number of nitriles is 1. The molecule has 0 amide bonds. The Morgan fingerprint density at radius 2 is 2.40 bits per heavy atom. The van der Waals surface area contributed by atoms with Crippen LogP contribution in [0.4, 0.5) is 0 Å². The second kappa shape index (κ2) is 3.35. The quantitative estimate of drug-likeness (QED) is 0.787. The molecule has 0 bridgehead atoms. The predicted octanol–water partition coefficient (Wildman–Crippen LogP) is 1.45. The fourth-order valence-corrected chi connectivity index (χ4v) is 1.72. The first-order valence-corrected chi connectivity index (χ1v) is 4.74. The average Bonchev–Trinajstić information content (AvgIpc) is 2.97. The lowest BCUT2D eigenvalue weighted by Gasteiger charge is -2.02. The third-order valence-corrected chi connectivity index (χ3v) is 2.64. The summed E-state index contributed by atoms with van der Waals surface area (Å²) in [5.41, 5.74) is 1.96. The van der Waals surface area contributed by atoms with Gasteiger partial charge < -0.3 is 5.11 Å². The maximum atomic E-state index is 10.7. The largest absolute Gasteiger partial charge is 0.481 e. The molecule has 0 aromatic carbocycles. The minimum atomic E-state index is -0.799. The van der Waals surface area contributed by atoms with Gasteiger partial charge in [-0.2, -0.15) is 5.26 Å². The van der Waals surface area contributed by atoms with Gasteiger partial charge in [-0.3, -0.25) is 9.78 Å². The number of aromatic nitrogens is 1. The number of hydrogen-bond donors (Lipinski definition) is 1. The molecule has 15 heavy (non-hydrogen) atoms. The zero-order chi connectivity index (χ0) is 11.0. The molecule has 0 aliphatic heterocycles. The standard InChI is InChI=1S/C11H10N2O2/c1-6-2-3-7(5-12)10(13-6)8-4-9(8)11(14)15/h2-3,8-9H,4H2,1H3,(H,14,15)/t8-,9-/m0/s1. The van der Waals surface area contributed by atoms with Crippen molar-refractivity contribution in [3.8, 4) is 6.07 Å². The molecule has 1 aromatic heterocycles. The summed E-state index contributed by atoms with van der Waals surface area (Å²) < 4.78 is 0. The van der Waals surface area contributed by atoms with E-state index in [-0.39, 0.29) is 11.8 Å². The van der Waals surface area contributed by atoms with Crippen LogP contribution in [0.5, 0.6) is 0 Å². The van der Waals surface area contributed by atoms with Crippen LogP contribution < -0.4 is 0 Å². The van der Waals surface area contributed by atoms with Gasteiger partial charge in [-0.25, -0.2) is 0 Å². The first kappa shape index (κ1) is 9.66. The monoisotopic (exact) mass is 202 g/mol. The molecule has 4 heteroatoms. The average molecular weight is 202 g/mol. The summed E-state index contributed by atoms with van der Waals surface area (Å²) in [5, 5.41) is 17.7. The fourth-order valence-electron chi connectivity index (χ4n) is 1.72. The maximum Gasteiger partial charge on any atom is 0.307 e. The third kappa shape index (κ3) is 1.68. The first-order valence-electron chi connectivity index (χ1n) is 4.74.